The predicted octanol–water partition coefficient (Wildman–Crippen LogP) is 1.37. The number of anilines is 3. The number of carbonyl (C=O) groups is 1. The largest absolute Gasteiger partial charge is 0.497 e. The summed E-state index contributed by atoms with van der Waals surface area (Å²) in [7, 11) is 3.74. The fourth-order valence-electron chi connectivity index (χ4n) is 4.13. The van der Waals surface area contributed by atoms with Gasteiger partial charge in [0, 0.05) is 49.7 Å². The number of methoxy groups -OCH3 is 1. The quantitative estimate of drug-likeness (QED) is 0.620. The van der Waals surface area contributed by atoms with E-state index in [1.807, 2.05) is 24.3 Å². The van der Waals surface area contributed by atoms with Crippen LogP contribution in [0.25, 0.3) is 11.3 Å². The van der Waals surface area contributed by atoms with Crippen molar-refractivity contribution in [3.8, 4) is 17.0 Å². The third kappa shape index (κ3) is 4.17. The monoisotopic (exact) mass is 446 g/mol. The Morgan fingerprint density at radius 2 is 1.73 bits per heavy atom. The molecule has 2 aliphatic rings. The van der Waals surface area contributed by atoms with Crippen LogP contribution in [0.5, 0.6) is 5.75 Å². The minimum atomic E-state index is -0.0109. The number of hydrogen-bond donors (Lipinski definition) is 1. The first kappa shape index (κ1) is 21.1. The number of likely N-dealkylation sites (N-methyl/N-ethyl adjacent to an activating group) is 1. The first-order chi connectivity index (χ1) is 16.0. The van der Waals surface area contributed by atoms with Gasteiger partial charge in [0.2, 0.25) is 17.8 Å². The zero-order valence-corrected chi connectivity index (χ0v) is 18.7. The van der Waals surface area contributed by atoms with Crippen molar-refractivity contribution in [1.82, 2.24) is 24.8 Å². The SMILES string of the molecule is COc1ccc(CN2C(=O)Cc3c(-c4cnc(N)nc4)nc(N4CCN(C)CC4)nc32)cc1. The van der Waals surface area contributed by atoms with Gasteiger partial charge in [0.05, 0.1) is 25.8 Å². The summed E-state index contributed by atoms with van der Waals surface area (Å²) < 4.78 is 5.25. The van der Waals surface area contributed by atoms with E-state index in [4.69, 9.17) is 20.4 Å². The normalized spacial score (nSPS) is 16.2. The molecule has 0 saturated carbocycles. The number of piperazine rings is 1. The Labute approximate surface area is 192 Å². The first-order valence-electron chi connectivity index (χ1n) is 10.9. The molecule has 33 heavy (non-hydrogen) atoms. The lowest BCUT2D eigenvalue weighted by atomic mass is 10.1. The van der Waals surface area contributed by atoms with Crippen molar-refractivity contribution >= 4 is 23.6 Å². The molecule has 3 aromatic rings. The Bertz CT molecular complexity index is 1160. The maximum absolute atomic E-state index is 13.1. The highest BCUT2D eigenvalue weighted by Crippen LogP contribution is 2.36. The summed E-state index contributed by atoms with van der Waals surface area (Å²) >= 11 is 0. The molecule has 10 heteroatoms. The molecule has 1 aromatic carbocycles. The maximum Gasteiger partial charge on any atom is 0.233 e. The Hall–Kier alpha value is -3.79. The molecule has 2 N–H and O–H groups in total. The average Bonchev–Trinajstić information content (AvgIpc) is 3.15. The summed E-state index contributed by atoms with van der Waals surface area (Å²) in [5, 5.41) is 0. The van der Waals surface area contributed by atoms with Gasteiger partial charge in [-0.1, -0.05) is 12.1 Å². The van der Waals surface area contributed by atoms with Crippen LogP contribution < -0.4 is 20.3 Å². The number of nitrogen functional groups attached to an aromatic ring is 1. The average molecular weight is 447 g/mol. The van der Waals surface area contributed by atoms with E-state index in [1.165, 1.54) is 0 Å². The minimum absolute atomic E-state index is 0.0109. The van der Waals surface area contributed by atoms with Crippen LogP contribution in [-0.4, -0.2) is 71.1 Å². The zero-order valence-electron chi connectivity index (χ0n) is 18.7. The first-order valence-corrected chi connectivity index (χ1v) is 10.9. The smallest absolute Gasteiger partial charge is 0.233 e. The van der Waals surface area contributed by atoms with E-state index in [-0.39, 0.29) is 18.3 Å². The lowest BCUT2D eigenvalue weighted by Crippen LogP contribution is -2.45. The lowest BCUT2D eigenvalue weighted by Gasteiger charge is -2.33. The number of benzene rings is 1. The third-order valence-corrected chi connectivity index (χ3v) is 6.09. The topological polar surface area (TPSA) is 114 Å². The standard InChI is InChI=1S/C23H26N8O2/c1-29-7-9-30(10-8-29)23-27-20(16-12-25-22(24)26-13-16)18-11-19(32)31(21(18)28-23)14-15-3-5-17(33-2)6-4-15/h3-6,12-13H,7-11,14H2,1-2H3,(H2,24,25,26). The molecule has 10 nitrogen and oxygen atoms in total. The second kappa shape index (κ2) is 8.62. The van der Waals surface area contributed by atoms with E-state index in [2.05, 4.69) is 26.8 Å². The number of rotatable bonds is 5. The molecule has 0 spiro atoms. The van der Waals surface area contributed by atoms with Gasteiger partial charge >= 0.3 is 0 Å². The molecule has 2 aliphatic heterocycles. The van der Waals surface area contributed by atoms with Gasteiger partial charge < -0.3 is 20.3 Å². The molecule has 170 valence electrons. The van der Waals surface area contributed by atoms with E-state index < -0.39 is 0 Å². The summed E-state index contributed by atoms with van der Waals surface area (Å²) in [4.78, 5) is 37.3. The molecule has 1 saturated heterocycles. The second-order valence-corrected chi connectivity index (χ2v) is 8.30. The number of amides is 1. The van der Waals surface area contributed by atoms with Crippen LogP contribution in [0.15, 0.2) is 36.7 Å². The molecule has 2 aromatic heterocycles. The van der Waals surface area contributed by atoms with Crippen molar-refractivity contribution in [2.45, 2.75) is 13.0 Å². The highest BCUT2D eigenvalue weighted by atomic mass is 16.5. The molecule has 0 unspecified atom stereocenters. The van der Waals surface area contributed by atoms with Gasteiger partial charge in [-0.3, -0.25) is 9.69 Å². The lowest BCUT2D eigenvalue weighted by molar-refractivity contribution is -0.117. The van der Waals surface area contributed by atoms with E-state index in [0.717, 1.165) is 48.6 Å². The molecule has 4 heterocycles. The fourth-order valence-corrected chi connectivity index (χ4v) is 4.13. The van der Waals surface area contributed by atoms with Gasteiger partial charge in [-0.25, -0.2) is 15.0 Å². The molecule has 1 amide bonds. The van der Waals surface area contributed by atoms with Crippen LogP contribution >= 0.6 is 0 Å². The van der Waals surface area contributed by atoms with Gasteiger partial charge in [-0.05, 0) is 24.7 Å². The van der Waals surface area contributed by atoms with E-state index in [9.17, 15) is 4.79 Å². The van der Waals surface area contributed by atoms with Crippen molar-refractivity contribution in [3.05, 3.63) is 47.8 Å². The second-order valence-electron chi connectivity index (χ2n) is 8.30. The van der Waals surface area contributed by atoms with E-state index in [0.29, 0.717) is 24.0 Å². The number of nitrogens with two attached hydrogens (primary N) is 1. The molecular formula is C23H26N8O2. The molecular weight excluding hydrogens is 420 g/mol. The number of aromatic nitrogens is 4. The van der Waals surface area contributed by atoms with E-state index >= 15 is 0 Å². The summed E-state index contributed by atoms with van der Waals surface area (Å²) in [5.74, 6) is 2.22. The highest BCUT2D eigenvalue weighted by molar-refractivity contribution is 6.02. The van der Waals surface area contributed by atoms with Gasteiger partial charge in [0.15, 0.2) is 0 Å². The molecule has 0 radical (unpaired) electrons. The highest BCUT2D eigenvalue weighted by Gasteiger charge is 2.34. The van der Waals surface area contributed by atoms with Crippen LogP contribution in [0.2, 0.25) is 0 Å². The van der Waals surface area contributed by atoms with Gasteiger partial charge in [0.25, 0.3) is 0 Å². The van der Waals surface area contributed by atoms with Crippen LogP contribution in [-0.2, 0) is 17.8 Å². The Balaban J connectivity index is 1.56. The summed E-state index contributed by atoms with van der Waals surface area (Å²) in [6.45, 7) is 3.91. The summed E-state index contributed by atoms with van der Waals surface area (Å²) in [6.07, 6.45) is 3.53. The Kier molecular flexibility index (Phi) is 5.51. The van der Waals surface area contributed by atoms with E-state index in [1.54, 1.807) is 24.4 Å². The molecule has 0 atom stereocenters. The number of ether oxygens (including phenoxy) is 1. The van der Waals surface area contributed by atoms with Crippen molar-refractivity contribution in [1.29, 1.82) is 0 Å². The minimum Gasteiger partial charge on any atom is -0.497 e. The molecule has 5 rings (SSSR count). The van der Waals surface area contributed by atoms with Crippen molar-refractivity contribution in [2.75, 3.05) is 55.9 Å². The maximum atomic E-state index is 13.1. The number of carbonyl (C=O) groups excluding carboxylic acids is 1. The van der Waals surface area contributed by atoms with Crippen molar-refractivity contribution < 1.29 is 9.53 Å². The van der Waals surface area contributed by atoms with Crippen LogP contribution in [0.3, 0.4) is 0 Å². The number of fused-ring (bicyclic) bond motifs is 1. The van der Waals surface area contributed by atoms with Crippen LogP contribution in [0.4, 0.5) is 17.7 Å². The summed E-state index contributed by atoms with van der Waals surface area (Å²) in [6, 6.07) is 7.70. The predicted molar refractivity (Wildman–Crippen MR) is 125 cm³/mol. The van der Waals surface area contributed by atoms with Crippen LogP contribution in [0.1, 0.15) is 11.1 Å². The van der Waals surface area contributed by atoms with Crippen molar-refractivity contribution in [2.24, 2.45) is 0 Å². The fraction of sp³-hybridized carbons (Fsp3) is 0.348. The van der Waals surface area contributed by atoms with Gasteiger partial charge in [-0.2, -0.15) is 4.98 Å². The number of hydrogen-bond acceptors (Lipinski definition) is 9. The van der Waals surface area contributed by atoms with Crippen LogP contribution in [0, 0.1) is 0 Å². The van der Waals surface area contributed by atoms with Gasteiger partial charge in [-0.15, -0.1) is 0 Å². The van der Waals surface area contributed by atoms with Crippen molar-refractivity contribution in [3.63, 3.8) is 0 Å². The van der Waals surface area contributed by atoms with Gasteiger partial charge in [0.1, 0.15) is 11.6 Å². The number of nitrogens with zero attached hydrogens (tertiary/aromatic N) is 7. The Morgan fingerprint density at radius 3 is 2.39 bits per heavy atom. The molecule has 0 bridgehead atoms. The summed E-state index contributed by atoms with van der Waals surface area (Å²) in [5.41, 5.74) is 8.87. The molecule has 0 aliphatic carbocycles. The zero-order chi connectivity index (χ0) is 22.9. The Morgan fingerprint density at radius 1 is 1.03 bits per heavy atom. The third-order valence-electron chi connectivity index (χ3n) is 6.09. The molecule has 1 fully saturated rings.